The first-order chi connectivity index (χ1) is 8.95. The molecule has 1 atom stereocenters. The summed E-state index contributed by atoms with van der Waals surface area (Å²) in [7, 11) is -3.53. The quantitative estimate of drug-likeness (QED) is 0.670. The lowest BCUT2D eigenvalue weighted by molar-refractivity contribution is 0.314. The van der Waals surface area contributed by atoms with Crippen molar-refractivity contribution in [3.8, 4) is 0 Å². The van der Waals surface area contributed by atoms with Crippen molar-refractivity contribution in [3.05, 3.63) is 24.2 Å². The van der Waals surface area contributed by atoms with E-state index in [2.05, 4.69) is 20.4 Å². The molecule has 1 aromatic rings. The molecule has 10 heteroatoms. The van der Waals surface area contributed by atoms with Crippen molar-refractivity contribution in [2.24, 2.45) is 20.7 Å². The molecule has 1 aromatic heterocycles. The first kappa shape index (κ1) is 11.7. The van der Waals surface area contributed by atoms with E-state index >= 15 is 0 Å². The number of nitrogens with zero attached hydrogens (tertiary/aromatic N) is 4. The third-order valence-electron chi connectivity index (χ3n) is 2.47. The number of hydrogen-bond donors (Lipinski definition) is 2. The van der Waals surface area contributed by atoms with E-state index in [1.165, 1.54) is 11.3 Å². The fourth-order valence-corrected chi connectivity index (χ4v) is 2.17. The maximum absolute atomic E-state index is 11.4. The first-order valence-corrected chi connectivity index (χ1v) is 7.14. The van der Waals surface area contributed by atoms with Gasteiger partial charge in [0.25, 0.3) is 0 Å². The molecule has 0 bridgehead atoms. The average molecular weight is 282 g/mol. The highest BCUT2D eigenvalue weighted by molar-refractivity contribution is 8.05. The van der Waals surface area contributed by atoms with E-state index in [-0.39, 0.29) is 11.1 Å². The molecule has 19 heavy (non-hydrogen) atoms. The van der Waals surface area contributed by atoms with E-state index in [1.54, 1.807) is 12.1 Å². The predicted octanol–water partition coefficient (Wildman–Crippen LogP) is -1.14. The van der Waals surface area contributed by atoms with Gasteiger partial charge in [-0.05, 0) is 12.1 Å². The second-order valence-corrected chi connectivity index (χ2v) is 5.85. The highest BCUT2D eigenvalue weighted by Gasteiger charge is 2.34. The number of amidine groups is 2. The van der Waals surface area contributed by atoms with Crippen LogP contribution in [0.3, 0.4) is 0 Å². The van der Waals surface area contributed by atoms with Gasteiger partial charge in [0.1, 0.15) is 0 Å². The van der Waals surface area contributed by atoms with Crippen LogP contribution in [-0.4, -0.2) is 42.9 Å². The molecule has 0 aromatic carbocycles. The fraction of sp³-hybridized carbons (Fsp3) is 0.222. The van der Waals surface area contributed by atoms with Gasteiger partial charge in [0.15, 0.2) is 11.6 Å². The summed E-state index contributed by atoms with van der Waals surface area (Å²) in [5, 5.41) is 1.02. The molecule has 0 amide bonds. The van der Waals surface area contributed by atoms with E-state index < -0.39 is 16.1 Å². The van der Waals surface area contributed by atoms with Crippen LogP contribution < -0.4 is 11.2 Å². The molecule has 2 aliphatic heterocycles. The number of furan rings is 1. The Balaban J connectivity index is 1.99. The number of nitrogens with two attached hydrogens (primary N) is 1. The second-order valence-electron chi connectivity index (χ2n) is 3.94. The number of guanidine groups is 1. The van der Waals surface area contributed by atoms with Crippen molar-refractivity contribution in [1.29, 1.82) is 0 Å². The molecule has 0 saturated carbocycles. The summed E-state index contributed by atoms with van der Waals surface area (Å²) in [5.41, 5.74) is 8.54. The first-order valence-electron chi connectivity index (χ1n) is 5.25. The Kier molecular flexibility index (Phi) is 2.35. The Morgan fingerprint density at radius 3 is 2.89 bits per heavy atom. The van der Waals surface area contributed by atoms with Crippen LogP contribution in [0.1, 0.15) is 5.76 Å². The van der Waals surface area contributed by atoms with Crippen molar-refractivity contribution in [1.82, 2.24) is 10.4 Å². The smallest absolute Gasteiger partial charge is 0.249 e. The number of fused-ring (bicyclic) bond motifs is 1. The van der Waals surface area contributed by atoms with Crippen LogP contribution in [0.2, 0.25) is 0 Å². The van der Waals surface area contributed by atoms with Gasteiger partial charge in [0.2, 0.25) is 27.3 Å². The van der Waals surface area contributed by atoms with Crippen LogP contribution in [0, 0.1) is 0 Å². The highest BCUT2D eigenvalue weighted by atomic mass is 32.2. The number of rotatable bonds is 1. The molecule has 0 spiro atoms. The average Bonchev–Trinajstić information content (AvgIpc) is 2.95. The third kappa shape index (κ3) is 1.95. The zero-order valence-electron chi connectivity index (χ0n) is 9.81. The molecule has 0 saturated heterocycles. The molecule has 100 valence electrons. The number of nitrogens with one attached hydrogen (secondary N) is 1. The SMILES string of the molecule is CS(=O)(=O)C1=NC2N=C(c3ccco3)NN2C(N)=N1. The van der Waals surface area contributed by atoms with E-state index in [0.717, 1.165) is 6.26 Å². The van der Waals surface area contributed by atoms with E-state index in [0.29, 0.717) is 11.6 Å². The molecular weight excluding hydrogens is 272 g/mol. The number of sulfone groups is 1. The Morgan fingerprint density at radius 1 is 1.47 bits per heavy atom. The Bertz CT molecular complexity index is 702. The number of aliphatic imine (C=N–C) groups is 3. The fourth-order valence-electron chi connectivity index (χ4n) is 1.63. The molecule has 3 heterocycles. The topological polar surface area (TPSA) is 126 Å². The lowest BCUT2D eigenvalue weighted by atomic mass is 10.4. The molecule has 0 fully saturated rings. The van der Waals surface area contributed by atoms with Gasteiger partial charge in [-0.15, -0.1) is 0 Å². The minimum atomic E-state index is -3.53. The van der Waals surface area contributed by atoms with Gasteiger partial charge >= 0.3 is 0 Å². The van der Waals surface area contributed by atoms with E-state index in [4.69, 9.17) is 10.2 Å². The van der Waals surface area contributed by atoms with Crippen LogP contribution in [0.25, 0.3) is 0 Å². The molecule has 2 aliphatic rings. The summed E-state index contributed by atoms with van der Waals surface area (Å²) in [5.74, 6) is 0.885. The minimum Gasteiger partial charge on any atom is -0.461 e. The molecule has 3 N–H and O–H groups in total. The number of hydrazine groups is 1. The summed E-state index contributed by atoms with van der Waals surface area (Å²) in [6, 6.07) is 3.41. The summed E-state index contributed by atoms with van der Waals surface area (Å²) in [4.78, 5) is 11.8. The second kappa shape index (κ2) is 3.82. The van der Waals surface area contributed by atoms with Crippen LogP contribution in [0.15, 0.2) is 37.8 Å². The van der Waals surface area contributed by atoms with Gasteiger partial charge in [-0.1, -0.05) is 0 Å². The summed E-state index contributed by atoms with van der Waals surface area (Å²) >= 11 is 0. The molecule has 0 radical (unpaired) electrons. The zero-order chi connectivity index (χ0) is 13.6. The van der Waals surface area contributed by atoms with Crippen LogP contribution in [-0.2, 0) is 9.84 Å². The van der Waals surface area contributed by atoms with Gasteiger partial charge in [0, 0.05) is 6.26 Å². The largest absolute Gasteiger partial charge is 0.461 e. The van der Waals surface area contributed by atoms with Crippen molar-refractivity contribution < 1.29 is 12.8 Å². The minimum absolute atomic E-state index is 0.0225. The monoisotopic (exact) mass is 282 g/mol. The van der Waals surface area contributed by atoms with Gasteiger partial charge in [-0.3, -0.25) is 5.43 Å². The normalized spacial score (nSPS) is 22.3. The van der Waals surface area contributed by atoms with E-state index in [1.807, 2.05) is 0 Å². The molecule has 9 nitrogen and oxygen atoms in total. The molecule has 0 aliphatic carbocycles. The van der Waals surface area contributed by atoms with E-state index in [9.17, 15) is 8.42 Å². The van der Waals surface area contributed by atoms with Gasteiger partial charge in [0.05, 0.1) is 6.26 Å². The van der Waals surface area contributed by atoms with Gasteiger partial charge in [-0.25, -0.2) is 23.4 Å². The van der Waals surface area contributed by atoms with Crippen molar-refractivity contribution >= 4 is 26.8 Å². The van der Waals surface area contributed by atoms with Crippen molar-refractivity contribution in [2.75, 3.05) is 6.26 Å². The summed E-state index contributed by atoms with van der Waals surface area (Å²) in [6.45, 7) is 0. The maximum Gasteiger partial charge on any atom is 0.249 e. The van der Waals surface area contributed by atoms with Gasteiger partial charge < -0.3 is 10.2 Å². The molecule has 1 unspecified atom stereocenters. The predicted molar refractivity (Wildman–Crippen MR) is 67.9 cm³/mol. The van der Waals surface area contributed by atoms with Crippen molar-refractivity contribution in [3.63, 3.8) is 0 Å². The van der Waals surface area contributed by atoms with Crippen molar-refractivity contribution in [2.45, 2.75) is 6.29 Å². The Morgan fingerprint density at radius 2 is 2.26 bits per heavy atom. The summed E-state index contributed by atoms with van der Waals surface area (Å²) < 4.78 is 28.0. The summed E-state index contributed by atoms with van der Waals surface area (Å²) in [6.07, 6.45) is 1.71. The molecular formula is C9H10N6O3S. The Hall–Kier alpha value is -2.36. The van der Waals surface area contributed by atoms with Crippen LogP contribution in [0.5, 0.6) is 0 Å². The van der Waals surface area contributed by atoms with Gasteiger partial charge in [-0.2, -0.15) is 4.99 Å². The number of hydrogen-bond acceptors (Lipinski definition) is 9. The zero-order valence-corrected chi connectivity index (χ0v) is 10.6. The lowest BCUT2D eigenvalue weighted by Gasteiger charge is -2.24. The van der Waals surface area contributed by atoms with Crippen LogP contribution in [0.4, 0.5) is 0 Å². The standard InChI is InChI=1S/C9H10N6O3S/c1-19(16,17)9-12-7(10)15-8(13-9)11-6(14-15)5-3-2-4-18-5/h2-4,8H,1H3,(H,11,14)(H2,10,12,13). The lowest BCUT2D eigenvalue weighted by Crippen LogP contribution is -2.51. The molecule has 3 rings (SSSR count). The maximum atomic E-state index is 11.4. The highest BCUT2D eigenvalue weighted by Crippen LogP contribution is 2.17. The Labute approximate surface area is 108 Å². The van der Waals surface area contributed by atoms with Crippen LogP contribution >= 0.6 is 0 Å². The third-order valence-corrected chi connectivity index (χ3v) is 3.33.